The summed E-state index contributed by atoms with van der Waals surface area (Å²) in [6.07, 6.45) is 4.00. The van der Waals surface area contributed by atoms with E-state index in [9.17, 15) is 4.79 Å². The first-order chi connectivity index (χ1) is 16.1. The van der Waals surface area contributed by atoms with Crippen molar-refractivity contribution in [2.45, 2.75) is 52.0 Å². The smallest absolute Gasteiger partial charge is 0.319 e. The van der Waals surface area contributed by atoms with Crippen molar-refractivity contribution in [3.05, 3.63) is 66.1 Å². The second-order valence-electron chi connectivity index (χ2n) is 7.89. The van der Waals surface area contributed by atoms with E-state index in [1.807, 2.05) is 49.4 Å². The summed E-state index contributed by atoms with van der Waals surface area (Å²) in [5, 5.41) is 5.78. The lowest BCUT2D eigenvalue weighted by atomic mass is 10.1. The summed E-state index contributed by atoms with van der Waals surface area (Å²) in [6, 6.07) is 17.5. The number of nitrogens with one attached hydrogen (secondary N) is 2. The number of alkyl halides is 1. The van der Waals surface area contributed by atoms with Crippen LogP contribution in [-0.2, 0) is 12.4 Å². The summed E-state index contributed by atoms with van der Waals surface area (Å²) in [5.41, 5.74) is 3.72. The Bertz CT molecular complexity index is 1020. The van der Waals surface area contributed by atoms with Gasteiger partial charge in [-0.25, -0.2) is 9.78 Å². The number of rotatable bonds is 12. The van der Waals surface area contributed by atoms with Crippen molar-refractivity contribution < 1.29 is 9.53 Å². The number of unbranched alkanes of at least 4 members (excludes halogenated alkanes) is 2. The number of anilines is 1. The molecular weight excluding hydrogens is 436 g/mol. The minimum Gasteiger partial charge on any atom is -0.491 e. The number of para-hydroxylation sites is 2. The van der Waals surface area contributed by atoms with E-state index in [0.717, 1.165) is 55.0 Å². The zero-order valence-electron chi connectivity index (χ0n) is 19.4. The molecule has 0 aliphatic rings. The molecule has 1 heterocycles. The van der Waals surface area contributed by atoms with Gasteiger partial charge in [0, 0.05) is 18.7 Å². The lowest BCUT2D eigenvalue weighted by Crippen LogP contribution is -2.29. The first kappa shape index (κ1) is 24.6. The van der Waals surface area contributed by atoms with Crippen LogP contribution in [-0.4, -0.2) is 28.7 Å². The van der Waals surface area contributed by atoms with Crippen LogP contribution in [0.5, 0.6) is 5.75 Å². The van der Waals surface area contributed by atoms with Gasteiger partial charge in [-0.15, -0.1) is 11.6 Å². The molecule has 2 aromatic carbocycles. The van der Waals surface area contributed by atoms with Crippen LogP contribution in [0.4, 0.5) is 10.5 Å². The van der Waals surface area contributed by atoms with Crippen molar-refractivity contribution in [2.75, 3.05) is 18.5 Å². The number of amides is 2. The van der Waals surface area contributed by atoms with E-state index < -0.39 is 0 Å². The fourth-order valence-corrected chi connectivity index (χ4v) is 3.94. The van der Waals surface area contributed by atoms with Gasteiger partial charge in [0.25, 0.3) is 0 Å². The highest BCUT2D eigenvalue weighted by Crippen LogP contribution is 2.27. The molecule has 6 nitrogen and oxygen atoms in total. The Hall–Kier alpha value is -2.99. The topological polar surface area (TPSA) is 68.2 Å². The van der Waals surface area contributed by atoms with Gasteiger partial charge >= 0.3 is 6.03 Å². The molecule has 2 amide bonds. The third-order valence-corrected chi connectivity index (χ3v) is 5.64. The van der Waals surface area contributed by atoms with Crippen molar-refractivity contribution in [1.82, 2.24) is 14.9 Å². The predicted molar refractivity (Wildman–Crippen MR) is 135 cm³/mol. The number of ether oxygens (including phenoxy) is 1. The predicted octanol–water partition coefficient (Wildman–Crippen LogP) is 6.38. The molecule has 0 atom stereocenters. The highest BCUT2D eigenvalue weighted by molar-refractivity contribution is 6.17. The molecule has 0 saturated heterocycles. The second-order valence-corrected chi connectivity index (χ2v) is 8.16. The number of halogens is 1. The lowest BCUT2D eigenvalue weighted by Gasteiger charge is -2.14. The molecule has 0 aliphatic heterocycles. The van der Waals surface area contributed by atoms with Crippen molar-refractivity contribution >= 4 is 23.3 Å². The fourth-order valence-electron chi connectivity index (χ4n) is 3.76. The Labute approximate surface area is 201 Å². The minimum absolute atomic E-state index is 0.211. The summed E-state index contributed by atoms with van der Waals surface area (Å²) in [4.78, 5) is 16.8. The molecule has 0 aliphatic carbocycles. The summed E-state index contributed by atoms with van der Waals surface area (Å²) in [6.45, 7) is 6.08. The first-order valence-electron chi connectivity index (χ1n) is 11.6. The van der Waals surface area contributed by atoms with Gasteiger partial charge in [0.1, 0.15) is 11.6 Å². The molecule has 0 saturated carbocycles. The number of benzene rings is 2. The van der Waals surface area contributed by atoms with Gasteiger partial charge in [-0.05, 0) is 31.9 Å². The van der Waals surface area contributed by atoms with Crippen LogP contribution in [0, 0.1) is 6.92 Å². The van der Waals surface area contributed by atoms with Crippen LogP contribution >= 0.6 is 11.6 Å². The maximum atomic E-state index is 12.2. The third kappa shape index (κ3) is 6.99. The van der Waals surface area contributed by atoms with Crippen LogP contribution in [0.1, 0.15) is 44.1 Å². The average molecular weight is 469 g/mol. The summed E-state index contributed by atoms with van der Waals surface area (Å²) < 4.78 is 8.22. The maximum Gasteiger partial charge on any atom is 0.319 e. The largest absolute Gasteiger partial charge is 0.491 e. The van der Waals surface area contributed by atoms with Crippen molar-refractivity contribution in [3.63, 3.8) is 0 Å². The summed E-state index contributed by atoms with van der Waals surface area (Å²) in [7, 11) is 0. The lowest BCUT2D eigenvalue weighted by molar-refractivity contribution is 0.251. The van der Waals surface area contributed by atoms with E-state index >= 15 is 0 Å². The van der Waals surface area contributed by atoms with E-state index in [-0.39, 0.29) is 6.03 Å². The zero-order chi connectivity index (χ0) is 23.5. The van der Waals surface area contributed by atoms with E-state index in [2.05, 4.69) is 39.2 Å². The number of nitrogens with zero attached hydrogens (tertiary/aromatic N) is 2. The van der Waals surface area contributed by atoms with Crippen LogP contribution < -0.4 is 15.4 Å². The van der Waals surface area contributed by atoms with Gasteiger partial charge in [-0.2, -0.15) is 0 Å². The fraction of sp³-hybridized carbons (Fsp3) is 0.385. The Kier molecular flexibility index (Phi) is 9.63. The number of hydrogen-bond donors (Lipinski definition) is 2. The zero-order valence-corrected chi connectivity index (χ0v) is 20.2. The van der Waals surface area contributed by atoms with Gasteiger partial charge in [0.2, 0.25) is 0 Å². The molecule has 176 valence electrons. The molecule has 7 heteroatoms. The molecule has 2 N–H and O–H groups in total. The number of aryl methyl sites for hydroxylation is 1. The Morgan fingerprint density at radius 1 is 1.06 bits per heavy atom. The average Bonchev–Trinajstić information content (AvgIpc) is 3.16. The van der Waals surface area contributed by atoms with Crippen LogP contribution in [0.3, 0.4) is 0 Å². The standard InChI is InChI=1S/C26H33ClN4O2/c1-3-4-10-16-28-26(32)30-22-14-8-9-15-24(22)33-18-11-17-31-20(2)29-23(19-27)25(31)21-12-6-5-7-13-21/h5-9,12-15H,3-4,10-11,16-19H2,1-2H3,(H2,28,30,32). The quantitative estimate of drug-likeness (QED) is 0.239. The Morgan fingerprint density at radius 2 is 1.82 bits per heavy atom. The first-order valence-corrected chi connectivity index (χ1v) is 12.1. The Balaban J connectivity index is 1.58. The Morgan fingerprint density at radius 3 is 2.58 bits per heavy atom. The van der Waals surface area contributed by atoms with Gasteiger partial charge < -0.3 is 19.9 Å². The normalized spacial score (nSPS) is 10.8. The molecule has 33 heavy (non-hydrogen) atoms. The molecule has 0 bridgehead atoms. The van der Waals surface area contributed by atoms with Gasteiger partial charge in [-0.1, -0.05) is 62.2 Å². The van der Waals surface area contributed by atoms with Crippen molar-refractivity contribution in [2.24, 2.45) is 0 Å². The number of imidazole rings is 1. The maximum absolute atomic E-state index is 12.2. The number of aromatic nitrogens is 2. The third-order valence-electron chi connectivity index (χ3n) is 5.39. The van der Waals surface area contributed by atoms with Gasteiger partial charge in [0.15, 0.2) is 0 Å². The van der Waals surface area contributed by atoms with Crippen molar-refractivity contribution in [3.8, 4) is 17.0 Å². The van der Waals surface area contributed by atoms with E-state index in [0.29, 0.717) is 30.5 Å². The number of hydrogen-bond acceptors (Lipinski definition) is 3. The summed E-state index contributed by atoms with van der Waals surface area (Å²) in [5.74, 6) is 1.97. The van der Waals surface area contributed by atoms with E-state index in [1.165, 1.54) is 0 Å². The highest BCUT2D eigenvalue weighted by atomic mass is 35.5. The molecule has 0 radical (unpaired) electrons. The molecule has 0 unspecified atom stereocenters. The highest BCUT2D eigenvalue weighted by Gasteiger charge is 2.15. The molecule has 1 aromatic heterocycles. The van der Waals surface area contributed by atoms with Gasteiger partial charge in [-0.3, -0.25) is 0 Å². The van der Waals surface area contributed by atoms with E-state index in [4.69, 9.17) is 16.3 Å². The molecule has 0 fully saturated rings. The SMILES string of the molecule is CCCCCNC(=O)Nc1ccccc1OCCCn1c(C)nc(CCl)c1-c1ccccc1. The van der Waals surface area contributed by atoms with Crippen molar-refractivity contribution in [1.29, 1.82) is 0 Å². The number of carbonyl (C=O) groups is 1. The minimum atomic E-state index is -0.211. The molecule has 3 aromatic rings. The number of urea groups is 1. The number of carbonyl (C=O) groups excluding carboxylic acids is 1. The van der Waals surface area contributed by atoms with Crippen LogP contribution in [0.15, 0.2) is 54.6 Å². The second kappa shape index (κ2) is 12.9. The summed E-state index contributed by atoms with van der Waals surface area (Å²) >= 11 is 6.17. The molecule has 0 spiro atoms. The molecule has 3 rings (SSSR count). The monoisotopic (exact) mass is 468 g/mol. The van der Waals surface area contributed by atoms with E-state index in [1.54, 1.807) is 0 Å². The molecular formula is C26H33ClN4O2. The van der Waals surface area contributed by atoms with Crippen LogP contribution in [0.2, 0.25) is 0 Å². The van der Waals surface area contributed by atoms with Gasteiger partial charge in [0.05, 0.1) is 29.6 Å². The van der Waals surface area contributed by atoms with Crippen LogP contribution in [0.25, 0.3) is 11.3 Å².